The van der Waals surface area contributed by atoms with Gasteiger partial charge < -0.3 is 9.64 Å². The van der Waals surface area contributed by atoms with Gasteiger partial charge in [-0.25, -0.2) is 0 Å². The van der Waals surface area contributed by atoms with Gasteiger partial charge in [0, 0.05) is 28.1 Å². The van der Waals surface area contributed by atoms with Gasteiger partial charge in [0.1, 0.15) is 11.5 Å². The first-order valence-corrected chi connectivity index (χ1v) is 19.6. The van der Waals surface area contributed by atoms with Crippen molar-refractivity contribution in [3.63, 3.8) is 0 Å². The molecule has 1 aliphatic carbocycles. The first kappa shape index (κ1) is 33.0. The number of fused-ring (bicyclic) bond motifs is 9. The summed E-state index contributed by atoms with van der Waals surface area (Å²) in [5.41, 5.74) is 17.1. The summed E-state index contributed by atoms with van der Waals surface area (Å²) in [6.45, 7) is 0. The van der Waals surface area contributed by atoms with Crippen LogP contribution in [0, 0.1) is 0 Å². The molecule has 0 N–H and O–H groups in total. The molecular weight excluding hydrogens is 691 g/mol. The maximum Gasteiger partial charge on any atom is 0.132 e. The van der Waals surface area contributed by atoms with Crippen LogP contribution in [-0.4, -0.2) is 0 Å². The Bertz CT molecular complexity index is 2890. The van der Waals surface area contributed by atoms with E-state index >= 15 is 0 Å². The number of hydrogen-bond donors (Lipinski definition) is 0. The SMILES string of the molecule is c1ccc(-c2ccc(-c3cccc(N(c4ccc5c(c4)C4(c6ccccc6Oc6ccccc64)c4ccccc4-5)c4ccccc4-c4ccccc4)c3)cc2)cc1. The monoisotopic (exact) mass is 727 g/mol. The van der Waals surface area contributed by atoms with Crippen molar-refractivity contribution in [1.29, 1.82) is 0 Å². The van der Waals surface area contributed by atoms with E-state index in [1.54, 1.807) is 0 Å². The Balaban J connectivity index is 1.14. The third-order valence-corrected chi connectivity index (χ3v) is 11.7. The molecule has 2 aliphatic rings. The van der Waals surface area contributed by atoms with Gasteiger partial charge in [0.25, 0.3) is 0 Å². The zero-order valence-corrected chi connectivity index (χ0v) is 31.2. The average Bonchev–Trinajstić information content (AvgIpc) is 3.57. The fourth-order valence-electron chi connectivity index (χ4n) is 9.25. The zero-order valence-electron chi connectivity index (χ0n) is 31.2. The lowest BCUT2D eigenvalue weighted by Gasteiger charge is -2.39. The van der Waals surface area contributed by atoms with Crippen molar-refractivity contribution < 1.29 is 4.74 Å². The largest absolute Gasteiger partial charge is 0.457 e. The molecule has 9 aromatic carbocycles. The van der Waals surface area contributed by atoms with E-state index in [2.05, 4.69) is 229 Å². The lowest BCUT2D eigenvalue weighted by atomic mass is 9.66. The van der Waals surface area contributed by atoms with Crippen molar-refractivity contribution in [2.75, 3.05) is 4.90 Å². The number of rotatable bonds is 6. The van der Waals surface area contributed by atoms with Crippen LogP contribution in [0.2, 0.25) is 0 Å². The van der Waals surface area contributed by atoms with Crippen LogP contribution in [0.1, 0.15) is 22.3 Å². The molecule has 11 rings (SSSR count). The number of benzene rings is 9. The fourth-order valence-corrected chi connectivity index (χ4v) is 9.25. The van der Waals surface area contributed by atoms with Gasteiger partial charge in [-0.05, 0) is 92.5 Å². The van der Waals surface area contributed by atoms with Crippen molar-refractivity contribution in [3.8, 4) is 56.0 Å². The highest BCUT2D eigenvalue weighted by Gasteiger charge is 2.51. The van der Waals surface area contributed by atoms with E-state index in [0.717, 1.165) is 50.8 Å². The van der Waals surface area contributed by atoms with Gasteiger partial charge in [0.2, 0.25) is 0 Å². The van der Waals surface area contributed by atoms with E-state index in [9.17, 15) is 0 Å². The van der Waals surface area contributed by atoms with Gasteiger partial charge in [0.05, 0.1) is 11.1 Å². The molecule has 1 aliphatic heterocycles. The van der Waals surface area contributed by atoms with Crippen molar-refractivity contribution in [2.24, 2.45) is 0 Å². The summed E-state index contributed by atoms with van der Waals surface area (Å²) in [4.78, 5) is 2.44. The van der Waals surface area contributed by atoms with Crippen LogP contribution in [0.25, 0.3) is 44.5 Å². The molecule has 0 fully saturated rings. The Morgan fingerprint density at radius 3 is 1.49 bits per heavy atom. The third-order valence-electron chi connectivity index (χ3n) is 11.7. The lowest BCUT2D eigenvalue weighted by Crippen LogP contribution is -2.32. The van der Waals surface area contributed by atoms with Crippen LogP contribution in [0.3, 0.4) is 0 Å². The van der Waals surface area contributed by atoms with Gasteiger partial charge in [-0.2, -0.15) is 0 Å². The number of hydrogen-bond acceptors (Lipinski definition) is 2. The molecule has 0 unspecified atom stereocenters. The van der Waals surface area contributed by atoms with Crippen molar-refractivity contribution in [1.82, 2.24) is 0 Å². The maximum atomic E-state index is 6.65. The Kier molecular flexibility index (Phi) is 7.75. The highest BCUT2D eigenvalue weighted by molar-refractivity contribution is 5.94. The summed E-state index contributed by atoms with van der Waals surface area (Å²) in [5, 5.41) is 0. The molecule has 0 aromatic heterocycles. The maximum absolute atomic E-state index is 6.65. The summed E-state index contributed by atoms with van der Waals surface area (Å²) in [7, 11) is 0. The minimum absolute atomic E-state index is 0.569. The van der Waals surface area contributed by atoms with E-state index in [-0.39, 0.29) is 0 Å². The molecule has 268 valence electrons. The molecular formula is C55H37NO. The first-order valence-electron chi connectivity index (χ1n) is 19.6. The van der Waals surface area contributed by atoms with E-state index in [1.807, 2.05) is 0 Å². The van der Waals surface area contributed by atoms with E-state index in [4.69, 9.17) is 4.74 Å². The van der Waals surface area contributed by atoms with Crippen LogP contribution < -0.4 is 9.64 Å². The van der Waals surface area contributed by atoms with Gasteiger partial charge in [0.15, 0.2) is 0 Å². The molecule has 0 saturated heterocycles. The Labute approximate surface area is 333 Å². The second-order valence-electron chi connectivity index (χ2n) is 14.8. The van der Waals surface area contributed by atoms with Gasteiger partial charge in [-0.3, -0.25) is 0 Å². The van der Waals surface area contributed by atoms with E-state index in [1.165, 1.54) is 44.5 Å². The summed E-state index contributed by atoms with van der Waals surface area (Å²) in [6, 6.07) is 81.1. The molecule has 0 atom stereocenters. The zero-order chi connectivity index (χ0) is 37.8. The van der Waals surface area contributed by atoms with E-state index in [0.29, 0.717) is 0 Å². The summed E-state index contributed by atoms with van der Waals surface area (Å²) >= 11 is 0. The fraction of sp³-hybridized carbons (Fsp3) is 0.0182. The van der Waals surface area contributed by atoms with E-state index < -0.39 is 5.41 Å². The third kappa shape index (κ3) is 5.26. The Hall–Kier alpha value is -7.42. The van der Waals surface area contributed by atoms with Crippen molar-refractivity contribution in [2.45, 2.75) is 5.41 Å². The number of para-hydroxylation sites is 3. The molecule has 1 spiro atoms. The predicted octanol–water partition coefficient (Wildman–Crippen LogP) is 14.6. The number of nitrogens with zero attached hydrogens (tertiary/aromatic N) is 1. The van der Waals surface area contributed by atoms with Crippen LogP contribution in [0.15, 0.2) is 224 Å². The smallest absolute Gasteiger partial charge is 0.132 e. The lowest BCUT2D eigenvalue weighted by molar-refractivity contribution is 0.436. The van der Waals surface area contributed by atoms with Gasteiger partial charge >= 0.3 is 0 Å². The minimum Gasteiger partial charge on any atom is -0.457 e. The number of ether oxygens (including phenoxy) is 1. The molecule has 0 saturated carbocycles. The Morgan fingerprint density at radius 2 is 0.789 bits per heavy atom. The molecule has 1 heterocycles. The molecule has 0 bridgehead atoms. The highest BCUT2D eigenvalue weighted by atomic mass is 16.5. The van der Waals surface area contributed by atoms with Gasteiger partial charge in [-0.15, -0.1) is 0 Å². The molecule has 0 radical (unpaired) electrons. The van der Waals surface area contributed by atoms with Crippen LogP contribution in [0.5, 0.6) is 11.5 Å². The highest BCUT2D eigenvalue weighted by Crippen LogP contribution is 2.62. The molecule has 0 amide bonds. The second kappa shape index (κ2) is 13.4. The van der Waals surface area contributed by atoms with Gasteiger partial charge in [-0.1, -0.05) is 182 Å². The first-order chi connectivity index (χ1) is 28.3. The summed E-state index contributed by atoms with van der Waals surface area (Å²) in [6.07, 6.45) is 0. The minimum atomic E-state index is -0.569. The normalized spacial score (nSPS) is 12.8. The molecule has 57 heavy (non-hydrogen) atoms. The molecule has 9 aromatic rings. The predicted molar refractivity (Wildman–Crippen MR) is 235 cm³/mol. The van der Waals surface area contributed by atoms with Crippen LogP contribution in [0.4, 0.5) is 17.1 Å². The second-order valence-corrected chi connectivity index (χ2v) is 14.8. The Morgan fingerprint density at radius 1 is 0.298 bits per heavy atom. The number of anilines is 3. The molecule has 2 nitrogen and oxygen atoms in total. The van der Waals surface area contributed by atoms with Crippen molar-refractivity contribution >= 4 is 17.1 Å². The topological polar surface area (TPSA) is 12.5 Å². The molecule has 2 heteroatoms. The summed E-state index contributed by atoms with van der Waals surface area (Å²) in [5.74, 6) is 1.78. The van der Waals surface area contributed by atoms with Crippen LogP contribution >= 0.6 is 0 Å². The average molecular weight is 728 g/mol. The van der Waals surface area contributed by atoms with Crippen LogP contribution in [-0.2, 0) is 5.41 Å². The van der Waals surface area contributed by atoms with Crippen molar-refractivity contribution in [3.05, 3.63) is 247 Å². The quantitative estimate of drug-likeness (QED) is 0.169. The standard InChI is InChI=1S/C55H37NO/c1-3-16-38(17-4-1)39-30-32-40(33-31-39)42-20-15-21-43(36-42)56(52-27-12-8-22-45(52)41-18-5-2-6-19-41)44-34-35-47-46-23-7-9-24-48(46)55(51(47)37-44)49-25-10-13-28-53(49)57-54-29-14-11-26-50(54)55/h1-37H. The summed E-state index contributed by atoms with van der Waals surface area (Å²) < 4.78 is 6.65.